The van der Waals surface area contributed by atoms with Crippen molar-refractivity contribution in [2.75, 3.05) is 6.61 Å². The molecule has 4 heteroatoms. The lowest BCUT2D eigenvalue weighted by molar-refractivity contribution is 0.0305. The van der Waals surface area contributed by atoms with E-state index in [9.17, 15) is 9.50 Å². The summed E-state index contributed by atoms with van der Waals surface area (Å²) >= 11 is 0. The average Bonchev–Trinajstić information content (AvgIpc) is 2.69. The predicted molar refractivity (Wildman–Crippen MR) is 78.0 cm³/mol. The lowest BCUT2D eigenvalue weighted by Crippen LogP contribution is -2.44. The van der Waals surface area contributed by atoms with Gasteiger partial charge in [0.2, 0.25) is 0 Å². The van der Waals surface area contributed by atoms with Gasteiger partial charge in [-0.15, -0.1) is 0 Å². The molecule has 0 radical (unpaired) electrons. The smallest absolute Gasteiger partial charge is 0.128 e. The number of rotatable bonds is 2. The maximum Gasteiger partial charge on any atom is 0.128 e. The first kappa shape index (κ1) is 14.5. The topological polar surface area (TPSA) is 43.7 Å². The molecule has 0 amide bonds. The molecular weight excluding hydrogens is 269 g/mol. The van der Waals surface area contributed by atoms with Crippen LogP contribution in [0, 0.1) is 17.7 Å². The van der Waals surface area contributed by atoms with Crippen LogP contribution >= 0.6 is 0 Å². The minimum absolute atomic E-state index is 0.195. The van der Waals surface area contributed by atoms with Gasteiger partial charge in [0, 0.05) is 29.8 Å². The summed E-state index contributed by atoms with van der Waals surface area (Å²) in [5, 5.41) is 18.5. The summed E-state index contributed by atoms with van der Waals surface area (Å²) in [4.78, 5) is 2.34. The van der Waals surface area contributed by atoms with Crippen LogP contribution in [0.5, 0.6) is 0 Å². The molecule has 0 aliphatic carbocycles. The quantitative estimate of drug-likeness (QED) is 0.814. The van der Waals surface area contributed by atoms with Crippen LogP contribution in [0.4, 0.5) is 4.39 Å². The number of hydrogen-bond acceptors (Lipinski definition) is 3. The lowest BCUT2D eigenvalue weighted by atomic mass is 9.99. The van der Waals surface area contributed by atoms with Gasteiger partial charge in [-0.05, 0) is 37.8 Å². The molecule has 2 N–H and O–H groups in total. The Labute approximate surface area is 124 Å². The van der Waals surface area contributed by atoms with Crippen LogP contribution in [-0.4, -0.2) is 39.9 Å². The molecule has 1 aromatic rings. The molecule has 0 spiro atoms. The molecular formula is C17H20FNO2. The van der Waals surface area contributed by atoms with Gasteiger partial charge in [0.1, 0.15) is 12.4 Å². The largest absolute Gasteiger partial charge is 0.393 e. The van der Waals surface area contributed by atoms with E-state index in [0.717, 1.165) is 25.7 Å². The van der Waals surface area contributed by atoms with Crippen molar-refractivity contribution in [3.8, 4) is 11.8 Å². The Morgan fingerprint density at radius 1 is 1.24 bits per heavy atom. The SMILES string of the molecule is OCC#Cc1ccc(CN2C3CCC2CC(O)C3)c(F)c1. The molecule has 2 saturated heterocycles. The second-order valence-corrected chi connectivity index (χ2v) is 5.95. The molecule has 3 nitrogen and oxygen atoms in total. The summed E-state index contributed by atoms with van der Waals surface area (Å²) in [6, 6.07) is 5.76. The Morgan fingerprint density at radius 2 is 1.95 bits per heavy atom. The van der Waals surface area contributed by atoms with E-state index in [1.807, 2.05) is 0 Å². The van der Waals surface area contributed by atoms with Crippen LogP contribution in [-0.2, 0) is 6.54 Å². The number of nitrogens with zero attached hydrogens (tertiary/aromatic N) is 1. The highest BCUT2D eigenvalue weighted by Gasteiger charge is 2.40. The lowest BCUT2D eigenvalue weighted by Gasteiger charge is -2.37. The number of hydrogen-bond donors (Lipinski definition) is 2. The van der Waals surface area contributed by atoms with E-state index in [1.165, 1.54) is 6.07 Å². The van der Waals surface area contributed by atoms with Gasteiger partial charge in [0.05, 0.1) is 6.10 Å². The van der Waals surface area contributed by atoms with Crippen molar-refractivity contribution >= 4 is 0 Å². The first-order chi connectivity index (χ1) is 10.2. The highest BCUT2D eigenvalue weighted by molar-refractivity contribution is 5.37. The van der Waals surface area contributed by atoms with Gasteiger partial charge in [-0.25, -0.2) is 4.39 Å². The molecule has 0 saturated carbocycles. The minimum atomic E-state index is -0.245. The third kappa shape index (κ3) is 3.11. The van der Waals surface area contributed by atoms with Gasteiger partial charge < -0.3 is 10.2 Å². The van der Waals surface area contributed by atoms with E-state index in [4.69, 9.17) is 5.11 Å². The Bertz CT molecular complexity index is 564. The first-order valence-corrected chi connectivity index (χ1v) is 7.49. The molecule has 2 heterocycles. The molecule has 2 atom stereocenters. The second kappa shape index (κ2) is 6.15. The second-order valence-electron chi connectivity index (χ2n) is 5.95. The Balaban J connectivity index is 1.74. The molecule has 2 fully saturated rings. The van der Waals surface area contributed by atoms with Gasteiger partial charge >= 0.3 is 0 Å². The fraction of sp³-hybridized carbons (Fsp3) is 0.529. The summed E-state index contributed by atoms with van der Waals surface area (Å²) in [6.45, 7) is 0.379. The van der Waals surface area contributed by atoms with E-state index in [0.29, 0.717) is 29.8 Å². The molecule has 2 aliphatic rings. The van der Waals surface area contributed by atoms with Crippen molar-refractivity contribution in [2.24, 2.45) is 0 Å². The maximum absolute atomic E-state index is 14.2. The highest BCUT2D eigenvalue weighted by Crippen LogP contribution is 2.37. The summed E-state index contributed by atoms with van der Waals surface area (Å²) in [6.07, 6.45) is 3.61. The predicted octanol–water partition coefficient (Wildman–Crippen LogP) is 1.66. The molecule has 3 rings (SSSR count). The number of aliphatic hydroxyl groups is 2. The van der Waals surface area contributed by atoms with Crippen LogP contribution in [0.2, 0.25) is 0 Å². The fourth-order valence-electron chi connectivity index (χ4n) is 3.60. The van der Waals surface area contributed by atoms with E-state index < -0.39 is 0 Å². The van der Waals surface area contributed by atoms with Gasteiger partial charge in [0.15, 0.2) is 0 Å². The maximum atomic E-state index is 14.2. The van der Waals surface area contributed by atoms with Crippen molar-refractivity contribution in [3.05, 3.63) is 35.1 Å². The molecule has 2 aliphatic heterocycles. The van der Waals surface area contributed by atoms with Crippen LogP contribution in [0.3, 0.4) is 0 Å². The van der Waals surface area contributed by atoms with Crippen molar-refractivity contribution in [1.82, 2.24) is 4.90 Å². The normalized spacial score (nSPS) is 28.2. The van der Waals surface area contributed by atoms with Gasteiger partial charge in [-0.3, -0.25) is 4.90 Å². The summed E-state index contributed by atoms with van der Waals surface area (Å²) in [5.74, 6) is 4.99. The van der Waals surface area contributed by atoms with Crippen molar-refractivity contribution in [3.63, 3.8) is 0 Å². The third-order valence-corrected chi connectivity index (χ3v) is 4.58. The summed E-state index contributed by atoms with van der Waals surface area (Å²) in [5.41, 5.74) is 1.26. The average molecular weight is 289 g/mol. The number of piperidine rings is 1. The van der Waals surface area contributed by atoms with Crippen molar-refractivity contribution in [1.29, 1.82) is 0 Å². The van der Waals surface area contributed by atoms with Gasteiger partial charge in [-0.1, -0.05) is 17.9 Å². The first-order valence-electron chi connectivity index (χ1n) is 7.49. The molecule has 21 heavy (non-hydrogen) atoms. The van der Waals surface area contributed by atoms with E-state index in [1.54, 1.807) is 12.1 Å². The number of halogens is 1. The monoisotopic (exact) mass is 289 g/mol. The zero-order chi connectivity index (χ0) is 14.8. The summed E-state index contributed by atoms with van der Waals surface area (Å²) < 4.78 is 14.2. The number of aliphatic hydroxyl groups excluding tert-OH is 2. The standard InChI is InChI=1S/C17H20FNO2/c18-17-8-12(2-1-7-20)3-4-13(17)11-19-14-5-6-15(19)10-16(21)9-14/h3-4,8,14-16,20-21H,5-7,9-11H2. The number of fused-ring (bicyclic) bond motifs is 2. The molecule has 2 unspecified atom stereocenters. The van der Waals surface area contributed by atoms with Gasteiger partial charge in [0.25, 0.3) is 0 Å². The zero-order valence-corrected chi connectivity index (χ0v) is 11.9. The van der Waals surface area contributed by atoms with E-state index in [-0.39, 0.29) is 18.5 Å². The van der Waals surface area contributed by atoms with E-state index in [2.05, 4.69) is 16.7 Å². The molecule has 0 aromatic heterocycles. The molecule has 2 bridgehead atoms. The summed E-state index contributed by atoms with van der Waals surface area (Å²) in [7, 11) is 0. The fourth-order valence-corrected chi connectivity index (χ4v) is 3.60. The van der Waals surface area contributed by atoms with Crippen molar-refractivity contribution in [2.45, 2.75) is 50.4 Å². The molecule has 112 valence electrons. The Kier molecular flexibility index (Phi) is 4.25. The van der Waals surface area contributed by atoms with Crippen molar-refractivity contribution < 1.29 is 14.6 Å². The number of benzene rings is 1. The van der Waals surface area contributed by atoms with Crippen LogP contribution in [0.25, 0.3) is 0 Å². The third-order valence-electron chi connectivity index (χ3n) is 4.58. The van der Waals surface area contributed by atoms with Gasteiger partial charge in [-0.2, -0.15) is 0 Å². The zero-order valence-electron chi connectivity index (χ0n) is 11.9. The van der Waals surface area contributed by atoms with Crippen LogP contribution in [0.1, 0.15) is 36.8 Å². The highest BCUT2D eigenvalue weighted by atomic mass is 19.1. The van der Waals surface area contributed by atoms with E-state index >= 15 is 0 Å². The minimum Gasteiger partial charge on any atom is -0.393 e. The Hall–Kier alpha value is -1.41. The molecule has 1 aromatic carbocycles. The van der Waals surface area contributed by atoms with Crippen LogP contribution in [0.15, 0.2) is 18.2 Å². The Morgan fingerprint density at radius 3 is 2.57 bits per heavy atom. The van der Waals surface area contributed by atoms with Crippen LogP contribution < -0.4 is 0 Å².